The van der Waals surface area contributed by atoms with Gasteiger partial charge in [-0.05, 0) is 69.2 Å². The molecule has 2 aromatic rings. The molecule has 0 spiro atoms. The fourth-order valence-electron chi connectivity index (χ4n) is 4.55. The first-order chi connectivity index (χ1) is 19.0. The normalized spacial score (nSPS) is 13.7. The Hall–Kier alpha value is -4.08. The van der Waals surface area contributed by atoms with Gasteiger partial charge in [0.05, 0.1) is 7.11 Å². The molecule has 2 aromatic carbocycles. The third-order valence-electron chi connectivity index (χ3n) is 6.46. The second-order valence-electron chi connectivity index (χ2n) is 10.7. The summed E-state index contributed by atoms with van der Waals surface area (Å²) in [4.78, 5) is 49.3. The Balaban J connectivity index is 1.45. The maximum absolute atomic E-state index is 12.7. The lowest BCUT2D eigenvalue weighted by atomic mass is 9.98. The van der Waals surface area contributed by atoms with Crippen LogP contribution in [0, 0.1) is 0 Å². The number of ether oxygens (including phenoxy) is 3. The number of esters is 1. The summed E-state index contributed by atoms with van der Waals surface area (Å²) in [6, 6.07) is 14.2. The molecule has 0 saturated heterocycles. The Bertz CT molecular complexity index is 1160. The summed E-state index contributed by atoms with van der Waals surface area (Å²) in [5.41, 5.74) is 3.83. The first-order valence-corrected chi connectivity index (χ1v) is 13.5. The Kier molecular flexibility index (Phi) is 10.5. The van der Waals surface area contributed by atoms with E-state index in [9.17, 15) is 19.2 Å². The van der Waals surface area contributed by atoms with Crippen LogP contribution in [0.3, 0.4) is 0 Å². The van der Waals surface area contributed by atoms with Crippen molar-refractivity contribution < 1.29 is 33.4 Å². The number of benzene rings is 2. The van der Waals surface area contributed by atoms with Crippen molar-refractivity contribution in [2.45, 2.75) is 70.6 Å². The van der Waals surface area contributed by atoms with Crippen LogP contribution in [-0.4, -0.2) is 62.0 Å². The van der Waals surface area contributed by atoms with Crippen molar-refractivity contribution in [3.05, 3.63) is 59.7 Å². The number of hydrogen-bond acceptors (Lipinski definition) is 7. The summed E-state index contributed by atoms with van der Waals surface area (Å²) in [5, 5.41) is 7.82. The summed E-state index contributed by atoms with van der Waals surface area (Å²) in [7, 11) is 1.24. The molecule has 40 heavy (non-hydrogen) atoms. The van der Waals surface area contributed by atoms with E-state index in [1.807, 2.05) is 36.4 Å². The van der Waals surface area contributed by atoms with Gasteiger partial charge in [0.25, 0.3) is 0 Å². The van der Waals surface area contributed by atoms with Gasteiger partial charge in [-0.2, -0.15) is 0 Å². The third-order valence-corrected chi connectivity index (χ3v) is 6.46. The van der Waals surface area contributed by atoms with E-state index in [1.165, 1.54) is 14.0 Å². The molecule has 1 aliphatic rings. The molecular formula is C30H39N3O7. The highest BCUT2D eigenvalue weighted by atomic mass is 16.6. The number of methoxy groups -OCH3 is 1. The van der Waals surface area contributed by atoms with E-state index in [0.29, 0.717) is 25.8 Å². The van der Waals surface area contributed by atoms with Crippen molar-refractivity contribution in [2.24, 2.45) is 0 Å². The molecule has 3 N–H and O–H groups in total. The molecule has 0 fully saturated rings. The van der Waals surface area contributed by atoms with Gasteiger partial charge in [0, 0.05) is 12.5 Å². The van der Waals surface area contributed by atoms with Crippen molar-refractivity contribution in [3.63, 3.8) is 0 Å². The van der Waals surface area contributed by atoms with E-state index in [4.69, 9.17) is 14.2 Å². The predicted octanol–water partition coefficient (Wildman–Crippen LogP) is 4.27. The minimum Gasteiger partial charge on any atom is -0.467 e. The van der Waals surface area contributed by atoms with Crippen molar-refractivity contribution in [1.29, 1.82) is 0 Å². The van der Waals surface area contributed by atoms with E-state index < -0.39 is 41.7 Å². The standard InChI is InChI=1S/C30H39N3O7/c1-19(26(34)33-25(27(35)38-5)16-10-11-17-31-28(36)40-30(2,3)4)32-29(37)39-18-24-22-14-8-6-12-20(22)21-13-7-9-15-23(21)24/h6-9,12-15,19,24-25H,10-11,16-18H2,1-5H3,(H,31,36)(H,32,37)(H,33,34)/t19-,25-/m0/s1. The van der Waals surface area contributed by atoms with Crippen molar-refractivity contribution >= 4 is 24.1 Å². The van der Waals surface area contributed by atoms with Crippen molar-refractivity contribution in [1.82, 2.24) is 16.0 Å². The van der Waals surface area contributed by atoms with Crippen molar-refractivity contribution in [2.75, 3.05) is 20.3 Å². The Morgan fingerprint density at radius 3 is 2.05 bits per heavy atom. The molecule has 0 unspecified atom stereocenters. The molecule has 10 nitrogen and oxygen atoms in total. The number of fused-ring (bicyclic) bond motifs is 3. The number of hydrogen-bond donors (Lipinski definition) is 3. The van der Waals surface area contributed by atoms with Gasteiger partial charge in [-0.3, -0.25) is 4.79 Å². The molecule has 0 heterocycles. The number of nitrogens with one attached hydrogen (secondary N) is 3. The maximum atomic E-state index is 12.7. The van der Waals surface area contributed by atoms with Gasteiger partial charge in [-0.15, -0.1) is 0 Å². The number of carbonyl (C=O) groups excluding carboxylic acids is 4. The summed E-state index contributed by atoms with van der Waals surface area (Å²) >= 11 is 0. The number of amides is 3. The molecule has 1 aliphatic carbocycles. The van der Waals surface area contributed by atoms with Gasteiger partial charge in [-0.1, -0.05) is 48.5 Å². The number of rotatable bonds is 11. The van der Waals surface area contributed by atoms with Crippen LogP contribution in [0.4, 0.5) is 9.59 Å². The van der Waals surface area contributed by atoms with E-state index in [2.05, 4.69) is 28.1 Å². The number of carbonyl (C=O) groups is 4. The lowest BCUT2D eigenvalue weighted by Crippen LogP contribution is -2.50. The number of unbranched alkanes of at least 4 members (excludes halogenated alkanes) is 1. The second kappa shape index (κ2) is 13.8. The van der Waals surface area contributed by atoms with Crippen LogP contribution in [0.1, 0.15) is 64.0 Å². The van der Waals surface area contributed by atoms with Crippen LogP contribution in [-0.2, 0) is 23.8 Å². The minimum atomic E-state index is -0.948. The van der Waals surface area contributed by atoms with Crippen LogP contribution in [0.5, 0.6) is 0 Å². The molecule has 0 saturated carbocycles. The van der Waals surface area contributed by atoms with Crippen LogP contribution in [0.15, 0.2) is 48.5 Å². The third kappa shape index (κ3) is 8.46. The lowest BCUT2D eigenvalue weighted by molar-refractivity contribution is -0.145. The number of alkyl carbamates (subject to hydrolysis) is 2. The first kappa shape index (κ1) is 30.5. The molecule has 0 bridgehead atoms. The fraction of sp³-hybridized carbons (Fsp3) is 0.467. The monoisotopic (exact) mass is 553 g/mol. The average molecular weight is 554 g/mol. The molecule has 0 aliphatic heterocycles. The van der Waals surface area contributed by atoms with Crippen molar-refractivity contribution in [3.8, 4) is 11.1 Å². The molecule has 3 amide bonds. The molecule has 3 rings (SSSR count). The zero-order valence-corrected chi connectivity index (χ0v) is 23.7. The highest BCUT2D eigenvalue weighted by Crippen LogP contribution is 2.44. The first-order valence-electron chi connectivity index (χ1n) is 13.5. The van der Waals surface area contributed by atoms with E-state index in [-0.39, 0.29) is 12.5 Å². The fourth-order valence-corrected chi connectivity index (χ4v) is 4.55. The van der Waals surface area contributed by atoms with Gasteiger partial charge in [0.2, 0.25) is 5.91 Å². The minimum absolute atomic E-state index is 0.101. The van der Waals surface area contributed by atoms with Gasteiger partial charge < -0.3 is 30.2 Å². The van der Waals surface area contributed by atoms with Crippen LogP contribution in [0.2, 0.25) is 0 Å². The van der Waals surface area contributed by atoms with Gasteiger partial charge >= 0.3 is 18.2 Å². The predicted molar refractivity (Wildman–Crippen MR) is 150 cm³/mol. The van der Waals surface area contributed by atoms with E-state index in [0.717, 1.165) is 22.3 Å². The van der Waals surface area contributed by atoms with Gasteiger partial charge in [0.15, 0.2) is 0 Å². The highest BCUT2D eigenvalue weighted by Gasteiger charge is 2.30. The zero-order valence-electron chi connectivity index (χ0n) is 23.7. The summed E-state index contributed by atoms with van der Waals surface area (Å²) < 4.78 is 15.5. The topological polar surface area (TPSA) is 132 Å². The Morgan fingerprint density at radius 2 is 1.48 bits per heavy atom. The molecule has 0 radical (unpaired) electrons. The Labute approximate surface area is 235 Å². The summed E-state index contributed by atoms with van der Waals surface area (Å²) in [6.07, 6.45) is 0.150. The smallest absolute Gasteiger partial charge is 0.407 e. The largest absolute Gasteiger partial charge is 0.467 e. The summed E-state index contributed by atoms with van der Waals surface area (Å²) in [6.45, 7) is 7.32. The van der Waals surface area contributed by atoms with Crippen LogP contribution in [0.25, 0.3) is 11.1 Å². The molecular weight excluding hydrogens is 514 g/mol. The van der Waals surface area contributed by atoms with Crippen LogP contribution < -0.4 is 16.0 Å². The molecule has 0 aromatic heterocycles. The second-order valence-corrected chi connectivity index (χ2v) is 10.7. The van der Waals surface area contributed by atoms with Crippen LogP contribution >= 0.6 is 0 Å². The Morgan fingerprint density at radius 1 is 0.875 bits per heavy atom. The lowest BCUT2D eigenvalue weighted by Gasteiger charge is -2.21. The van der Waals surface area contributed by atoms with E-state index >= 15 is 0 Å². The highest BCUT2D eigenvalue weighted by molar-refractivity contribution is 5.89. The van der Waals surface area contributed by atoms with Gasteiger partial charge in [-0.25, -0.2) is 14.4 Å². The maximum Gasteiger partial charge on any atom is 0.407 e. The van der Waals surface area contributed by atoms with Gasteiger partial charge in [0.1, 0.15) is 24.3 Å². The quantitative estimate of drug-likeness (QED) is 0.215. The zero-order chi connectivity index (χ0) is 29.3. The molecule has 10 heteroatoms. The summed E-state index contributed by atoms with van der Waals surface area (Å²) in [5.74, 6) is -1.24. The SMILES string of the molecule is COC(=O)[C@H](CCCCNC(=O)OC(C)(C)C)NC(=O)[C@H](C)NC(=O)OCC1c2ccccc2-c2ccccc21. The molecule has 216 valence electrons. The average Bonchev–Trinajstić information content (AvgIpc) is 3.23. The van der Waals surface area contributed by atoms with E-state index in [1.54, 1.807) is 20.8 Å². The molecule has 2 atom stereocenters.